The second kappa shape index (κ2) is 8.66. The number of ether oxygens (including phenoxy) is 1. The van der Waals surface area contributed by atoms with E-state index in [4.69, 9.17) is 38.2 Å². The summed E-state index contributed by atoms with van der Waals surface area (Å²) in [5.41, 5.74) is 0.147. The van der Waals surface area contributed by atoms with Crippen molar-refractivity contribution in [3.05, 3.63) is 58.7 Å². The molecule has 0 aliphatic heterocycles. The van der Waals surface area contributed by atoms with Crippen molar-refractivity contribution in [2.75, 3.05) is 0 Å². The second-order valence-corrected chi connectivity index (χ2v) is 6.26. The molecule has 0 spiro atoms. The van der Waals surface area contributed by atoms with Crippen LogP contribution in [0.5, 0.6) is 11.5 Å². The molecule has 2 N–H and O–H groups in total. The maximum Gasteiger partial charge on any atom is 0.335 e. The molecular formula is C18H12Cl2O7. The number of benzene rings is 2. The lowest BCUT2D eigenvalue weighted by Gasteiger charge is -2.11. The number of carboxylic acids is 2. The van der Waals surface area contributed by atoms with Crippen LogP contribution >= 0.6 is 23.2 Å². The van der Waals surface area contributed by atoms with Crippen LogP contribution in [0.25, 0.3) is 0 Å². The monoisotopic (exact) mass is 410 g/mol. The Labute approximate surface area is 163 Å². The van der Waals surface area contributed by atoms with Crippen LogP contribution in [0.15, 0.2) is 36.4 Å². The summed E-state index contributed by atoms with van der Waals surface area (Å²) in [6.07, 6.45) is -0.602. The molecule has 140 valence electrons. The maximum atomic E-state index is 11.2. The number of carbonyl (C=O) groups is 4. The van der Waals surface area contributed by atoms with Gasteiger partial charge in [-0.05, 0) is 70.7 Å². The van der Waals surface area contributed by atoms with E-state index in [2.05, 4.69) is 0 Å². The van der Waals surface area contributed by atoms with Gasteiger partial charge in [-0.3, -0.25) is 9.59 Å². The minimum atomic E-state index is -1.22. The van der Waals surface area contributed by atoms with Gasteiger partial charge in [0.1, 0.15) is 11.5 Å². The summed E-state index contributed by atoms with van der Waals surface area (Å²) in [5.74, 6) is -2.02. The van der Waals surface area contributed by atoms with Crippen molar-refractivity contribution in [1.29, 1.82) is 0 Å². The highest BCUT2D eigenvalue weighted by Crippen LogP contribution is 2.27. The van der Waals surface area contributed by atoms with E-state index in [1.807, 2.05) is 0 Å². The fourth-order valence-corrected chi connectivity index (χ4v) is 2.70. The van der Waals surface area contributed by atoms with E-state index >= 15 is 0 Å². The van der Waals surface area contributed by atoms with Crippen LogP contribution < -0.4 is 4.74 Å². The third kappa shape index (κ3) is 5.54. The van der Waals surface area contributed by atoms with Crippen LogP contribution in [0.2, 0.25) is 0 Å². The first-order chi connectivity index (χ1) is 12.7. The van der Waals surface area contributed by atoms with Gasteiger partial charge in [-0.2, -0.15) is 0 Å². The molecule has 27 heavy (non-hydrogen) atoms. The molecule has 2 aromatic carbocycles. The molecule has 0 heterocycles. The average Bonchev–Trinajstić information content (AvgIpc) is 2.53. The molecule has 0 radical (unpaired) electrons. The zero-order valence-electron chi connectivity index (χ0n) is 13.6. The smallest absolute Gasteiger partial charge is 0.335 e. The standard InChI is InChI=1S/C18H12Cl2O7/c19-15(21)7-9-5-11(1-3-13(9)17(23)24)27-12-2-4-14(18(25)26)10(6-12)8-16(20)22/h1-6H,7-8H2,(H,23,24)(H,25,26). The SMILES string of the molecule is O=C(Cl)Cc1cc(Oc2ccc(C(=O)O)c(CC(=O)Cl)c2)ccc1C(=O)O. The molecule has 0 unspecified atom stereocenters. The first-order valence-corrected chi connectivity index (χ1v) is 8.20. The molecular weight excluding hydrogens is 399 g/mol. The van der Waals surface area contributed by atoms with E-state index in [1.54, 1.807) is 0 Å². The summed E-state index contributed by atoms with van der Waals surface area (Å²) in [5, 5.41) is 16.9. The Balaban J connectivity index is 2.38. The minimum absolute atomic E-state index is 0.0917. The van der Waals surface area contributed by atoms with Gasteiger partial charge < -0.3 is 14.9 Å². The fourth-order valence-electron chi connectivity index (χ4n) is 2.41. The molecule has 0 bridgehead atoms. The van der Waals surface area contributed by atoms with Crippen molar-refractivity contribution in [2.24, 2.45) is 0 Å². The first-order valence-electron chi connectivity index (χ1n) is 7.44. The van der Waals surface area contributed by atoms with Gasteiger partial charge in [-0.1, -0.05) is 0 Å². The van der Waals surface area contributed by atoms with E-state index in [0.717, 1.165) is 0 Å². The van der Waals surface area contributed by atoms with Crippen LogP contribution in [0.4, 0.5) is 0 Å². The van der Waals surface area contributed by atoms with Crippen molar-refractivity contribution in [2.45, 2.75) is 12.8 Å². The predicted octanol–water partition coefficient (Wildman–Crippen LogP) is 3.49. The number of hydrogen-bond donors (Lipinski definition) is 2. The number of hydrogen-bond acceptors (Lipinski definition) is 5. The lowest BCUT2D eigenvalue weighted by Crippen LogP contribution is -2.06. The highest BCUT2D eigenvalue weighted by atomic mass is 35.5. The molecule has 0 atom stereocenters. The van der Waals surface area contributed by atoms with Crippen molar-refractivity contribution in [3.63, 3.8) is 0 Å². The zero-order chi connectivity index (χ0) is 20.1. The zero-order valence-corrected chi connectivity index (χ0v) is 15.1. The molecule has 7 nitrogen and oxygen atoms in total. The van der Waals surface area contributed by atoms with E-state index < -0.39 is 22.4 Å². The first kappa shape index (κ1) is 20.4. The molecule has 0 aliphatic carbocycles. The van der Waals surface area contributed by atoms with Gasteiger partial charge in [-0.25, -0.2) is 9.59 Å². The number of carbonyl (C=O) groups excluding carboxylic acids is 2. The number of carboxylic acid groups (broad SMARTS) is 2. The van der Waals surface area contributed by atoms with E-state index in [9.17, 15) is 19.2 Å². The van der Waals surface area contributed by atoms with Gasteiger partial charge in [0.05, 0.1) is 11.1 Å². The third-order valence-electron chi connectivity index (χ3n) is 3.51. The normalized spacial score (nSPS) is 10.3. The lowest BCUT2D eigenvalue weighted by atomic mass is 10.0. The van der Waals surface area contributed by atoms with Crippen molar-refractivity contribution >= 4 is 45.6 Å². The molecule has 9 heteroatoms. The number of halogens is 2. The van der Waals surface area contributed by atoms with Gasteiger partial charge in [0.2, 0.25) is 10.5 Å². The maximum absolute atomic E-state index is 11.2. The molecule has 0 amide bonds. The van der Waals surface area contributed by atoms with Crippen LogP contribution in [-0.2, 0) is 22.4 Å². The summed E-state index contributed by atoms with van der Waals surface area (Å²) in [4.78, 5) is 44.7. The van der Waals surface area contributed by atoms with Gasteiger partial charge in [0.25, 0.3) is 0 Å². The van der Waals surface area contributed by atoms with Crippen LogP contribution in [0, 0.1) is 0 Å². The molecule has 2 rings (SSSR count). The highest BCUT2D eigenvalue weighted by molar-refractivity contribution is 6.64. The molecule has 0 aromatic heterocycles. The van der Waals surface area contributed by atoms with Crippen molar-refractivity contribution in [1.82, 2.24) is 0 Å². The number of aromatic carboxylic acids is 2. The molecule has 0 aliphatic rings. The summed E-state index contributed by atoms with van der Waals surface area (Å²) < 4.78 is 5.60. The number of rotatable bonds is 8. The fraction of sp³-hybridized carbons (Fsp3) is 0.111. The van der Waals surface area contributed by atoms with Crippen molar-refractivity contribution < 1.29 is 34.1 Å². The Morgan fingerprint density at radius 3 is 1.41 bits per heavy atom. The quantitative estimate of drug-likeness (QED) is 0.639. The molecule has 0 saturated heterocycles. The van der Waals surface area contributed by atoms with E-state index in [-0.39, 0.29) is 46.6 Å². The van der Waals surface area contributed by atoms with Crippen LogP contribution in [0.1, 0.15) is 31.8 Å². The summed E-state index contributed by atoms with van der Waals surface area (Å²) in [6.45, 7) is 0. The third-order valence-corrected chi connectivity index (χ3v) is 3.78. The Kier molecular flexibility index (Phi) is 6.55. The van der Waals surface area contributed by atoms with Gasteiger partial charge in [0, 0.05) is 12.8 Å². The molecule has 2 aromatic rings. The molecule has 0 saturated carbocycles. The summed E-state index contributed by atoms with van der Waals surface area (Å²) >= 11 is 10.7. The minimum Gasteiger partial charge on any atom is -0.478 e. The van der Waals surface area contributed by atoms with Gasteiger partial charge in [0.15, 0.2) is 0 Å². The summed E-state index contributed by atoms with van der Waals surface area (Å²) in [6, 6.07) is 7.98. The largest absolute Gasteiger partial charge is 0.478 e. The Hall–Kier alpha value is -2.90. The predicted molar refractivity (Wildman–Crippen MR) is 96.0 cm³/mol. The highest BCUT2D eigenvalue weighted by Gasteiger charge is 2.16. The Morgan fingerprint density at radius 1 is 0.741 bits per heavy atom. The van der Waals surface area contributed by atoms with Crippen LogP contribution in [-0.4, -0.2) is 32.6 Å². The van der Waals surface area contributed by atoms with E-state index in [0.29, 0.717) is 0 Å². The lowest BCUT2D eigenvalue weighted by molar-refractivity contribution is -0.111. The Morgan fingerprint density at radius 2 is 1.11 bits per heavy atom. The second-order valence-electron chi connectivity index (χ2n) is 5.41. The van der Waals surface area contributed by atoms with Crippen LogP contribution in [0.3, 0.4) is 0 Å². The Bertz CT molecular complexity index is 862. The molecule has 0 fully saturated rings. The average molecular weight is 411 g/mol. The van der Waals surface area contributed by atoms with Gasteiger partial charge >= 0.3 is 11.9 Å². The topological polar surface area (TPSA) is 118 Å². The van der Waals surface area contributed by atoms with Gasteiger partial charge in [-0.15, -0.1) is 0 Å². The van der Waals surface area contributed by atoms with Crippen molar-refractivity contribution in [3.8, 4) is 11.5 Å². The summed E-state index contributed by atoms with van der Waals surface area (Å²) in [7, 11) is 0. The van der Waals surface area contributed by atoms with E-state index in [1.165, 1.54) is 36.4 Å².